The molecule has 0 unspecified atom stereocenters. The topological polar surface area (TPSA) is 55.4 Å². The fourth-order valence-corrected chi connectivity index (χ4v) is 1.53. The van der Waals surface area contributed by atoms with Crippen LogP contribution in [0.1, 0.15) is 20.8 Å². The summed E-state index contributed by atoms with van der Waals surface area (Å²) in [5.74, 6) is -1.18. The average Bonchev–Trinajstić information content (AvgIpc) is 2.33. The molecule has 0 bridgehead atoms. The Kier molecular flexibility index (Phi) is 5.63. The molecule has 0 spiro atoms. The van der Waals surface area contributed by atoms with Crippen LogP contribution in [0.3, 0.4) is 0 Å². The Labute approximate surface area is 122 Å². The van der Waals surface area contributed by atoms with E-state index in [0.29, 0.717) is 15.7 Å². The number of carbonyl (C=O) groups is 2. The highest BCUT2D eigenvalue weighted by Crippen LogP contribution is 2.25. The van der Waals surface area contributed by atoms with Gasteiger partial charge < -0.3 is 10.1 Å². The normalized spacial score (nSPS) is 12.1. The largest absolute Gasteiger partial charge is 0.452 e. The van der Waals surface area contributed by atoms with Gasteiger partial charge in [0.2, 0.25) is 0 Å². The van der Waals surface area contributed by atoms with Crippen molar-refractivity contribution in [3.05, 3.63) is 28.2 Å². The van der Waals surface area contributed by atoms with Gasteiger partial charge in [-0.05, 0) is 25.1 Å². The number of nitrogens with one attached hydrogen (secondary N) is 1. The van der Waals surface area contributed by atoms with Crippen molar-refractivity contribution in [2.45, 2.75) is 26.9 Å². The summed E-state index contributed by atoms with van der Waals surface area (Å²) in [6, 6.07) is 4.71. The fraction of sp³-hybridized carbons (Fsp3) is 0.385. The highest BCUT2D eigenvalue weighted by Gasteiger charge is 2.20. The van der Waals surface area contributed by atoms with Crippen LogP contribution in [-0.4, -0.2) is 18.0 Å². The predicted octanol–water partition coefficient (Wildman–Crippen LogP) is 3.52. The lowest BCUT2D eigenvalue weighted by Gasteiger charge is -2.15. The molecule has 0 heterocycles. The summed E-state index contributed by atoms with van der Waals surface area (Å²) in [6.45, 7) is 4.88. The molecule has 1 rings (SSSR count). The molecule has 0 saturated carbocycles. The maximum Gasteiger partial charge on any atom is 0.309 e. The van der Waals surface area contributed by atoms with Gasteiger partial charge in [-0.25, -0.2) is 0 Å². The highest BCUT2D eigenvalue weighted by molar-refractivity contribution is 6.35. The highest BCUT2D eigenvalue weighted by atomic mass is 35.5. The van der Waals surface area contributed by atoms with Crippen molar-refractivity contribution in [3.8, 4) is 0 Å². The number of rotatable bonds is 4. The second kappa shape index (κ2) is 6.78. The minimum absolute atomic E-state index is 0.287. The number of esters is 1. The Morgan fingerprint density at radius 1 is 1.21 bits per heavy atom. The number of halogens is 2. The molecule has 0 aliphatic heterocycles. The lowest BCUT2D eigenvalue weighted by molar-refractivity contribution is -0.156. The lowest BCUT2D eigenvalue weighted by atomic mass is 10.2. The monoisotopic (exact) mass is 303 g/mol. The van der Waals surface area contributed by atoms with E-state index in [4.69, 9.17) is 27.9 Å². The van der Waals surface area contributed by atoms with Gasteiger partial charge in [0, 0.05) is 5.02 Å². The second-order valence-corrected chi connectivity index (χ2v) is 5.19. The van der Waals surface area contributed by atoms with Crippen molar-refractivity contribution in [3.63, 3.8) is 0 Å². The predicted molar refractivity (Wildman–Crippen MR) is 75.5 cm³/mol. The molecule has 19 heavy (non-hydrogen) atoms. The Bertz CT molecular complexity index is 489. The maximum absolute atomic E-state index is 11.8. The molecule has 1 aromatic rings. The van der Waals surface area contributed by atoms with Crippen LogP contribution in [0.2, 0.25) is 10.0 Å². The van der Waals surface area contributed by atoms with Gasteiger partial charge in [0.1, 0.15) is 0 Å². The number of hydrogen-bond donors (Lipinski definition) is 1. The molecule has 1 amide bonds. The molecule has 0 fully saturated rings. The van der Waals surface area contributed by atoms with Gasteiger partial charge in [0.15, 0.2) is 6.10 Å². The van der Waals surface area contributed by atoms with Gasteiger partial charge in [-0.3, -0.25) is 9.59 Å². The van der Waals surface area contributed by atoms with Crippen molar-refractivity contribution < 1.29 is 14.3 Å². The van der Waals surface area contributed by atoms with Crippen molar-refractivity contribution in [2.75, 3.05) is 5.32 Å². The first-order valence-corrected chi connectivity index (χ1v) is 6.53. The summed E-state index contributed by atoms with van der Waals surface area (Å²) >= 11 is 11.7. The van der Waals surface area contributed by atoms with Gasteiger partial charge in [0.25, 0.3) is 5.91 Å². The smallest absolute Gasteiger partial charge is 0.309 e. The van der Waals surface area contributed by atoms with Crippen LogP contribution >= 0.6 is 23.2 Å². The van der Waals surface area contributed by atoms with E-state index in [-0.39, 0.29) is 5.92 Å². The standard InChI is InChI=1S/C13H15Cl2NO3/c1-7(2)13(18)19-8(3)12(17)16-11-6-9(14)4-5-10(11)15/h4-8H,1-3H3,(H,16,17)/t8-/m0/s1. The van der Waals surface area contributed by atoms with Crippen LogP contribution in [0.25, 0.3) is 0 Å². The van der Waals surface area contributed by atoms with E-state index in [9.17, 15) is 9.59 Å². The molecule has 0 saturated heterocycles. The number of benzene rings is 1. The van der Waals surface area contributed by atoms with E-state index in [1.807, 2.05) is 0 Å². The van der Waals surface area contributed by atoms with Crippen LogP contribution in [0.15, 0.2) is 18.2 Å². The minimum atomic E-state index is -0.898. The minimum Gasteiger partial charge on any atom is -0.452 e. The molecule has 4 nitrogen and oxygen atoms in total. The quantitative estimate of drug-likeness (QED) is 0.866. The third-order valence-electron chi connectivity index (χ3n) is 2.32. The number of hydrogen-bond acceptors (Lipinski definition) is 3. The average molecular weight is 304 g/mol. The molecular formula is C13H15Cl2NO3. The molecule has 0 radical (unpaired) electrons. The first-order chi connectivity index (χ1) is 8.81. The SMILES string of the molecule is CC(C)C(=O)O[C@@H](C)C(=O)Nc1cc(Cl)ccc1Cl. The van der Waals surface area contributed by atoms with Gasteiger partial charge >= 0.3 is 5.97 Å². The molecule has 1 aromatic carbocycles. The number of carbonyl (C=O) groups excluding carboxylic acids is 2. The molecule has 0 aliphatic carbocycles. The maximum atomic E-state index is 11.8. The first-order valence-electron chi connectivity index (χ1n) is 5.77. The van der Waals surface area contributed by atoms with Gasteiger partial charge in [0.05, 0.1) is 16.6 Å². The summed E-state index contributed by atoms with van der Waals surface area (Å²) in [5.41, 5.74) is 0.381. The molecule has 1 N–H and O–H groups in total. The van der Waals surface area contributed by atoms with Crippen LogP contribution in [0.4, 0.5) is 5.69 Å². The fourth-order valence-electron chi connectivity index (χ4n) is 1.19. The van der Waals surface area contributed by atoms with E-state index in [1.165, 1.54) is 13.0 Å². The van der Waals surface area contributed by atoms with E-state index in [0.717, 1.165) is 0 Å². The molecule has 0 aromatic heterocycles. The third-order valence-corrected chi connectivity index (χ3v) is 2.88. The van der Waals surface area contributed by atoms with E-state index in [2.05, 4.69) is 5.32 Å². The second-order valence-electron chi connectivity index (χ2n) is 4.35. The van der Waals surface area contributed by atoms with Crippen molar-refractivity contribution in [1.82, 2.24) is 0 Å². The molecule has 0 aliphatic rings. The zero-order chi connectivity index (χ0) is 14.6. The molecule has 6 heteroatoms. The zero-order valence-electron chi connectivity index (χ0n) is 10.9. The Morgan fingerprint density at radius 2 is 1.84 bits per heavy atom. The Hall–Kier alpha value is -1.26. The Morgan fingerprint density at radius 3 is 2.42 bits per heavy atom. The molecule has 104 valence electrons. The van der Waals surface area contributed by atoms with Gasteiger partial charge in [-0.1, -0.05) is 37.0 Å². The lowest BCUT2D eigenvalue weighted by Crippen LogP contribution is -2.31. The molecule has 1 atom stereocenters. The van der Waals surface area contributed by atoms with Crippen molar-refractivity contribution in [1.29, 1.82) is 0 Å². The van der Waals surface area contributed by atoms with Crippen LogP contribution < -0.4 is 5.32 Å². The van der Waals surface area contributed by atoms with Gasteiger partial charge in [-0.2, -0.15) is 0 Å². The van der Waals surface area contributed by atoms with Crippen LogP contribution in [0.5, 0.6) is 0 Å². The van der Waals surface area contributed by atoms with E-state index >= 15 is 0 Å². The Balaban J connectivity index is 2.69. The summed E-state index contributed by atoms with van der Waals surface area (Å²) in [7, 11) is 0. The number of amides is 1. The van der Waals surface area contributed by atoms with Crippen molar-refractivity contribution >= 4 is 40.8 Å². The third kappa shape index (κ3) is 4.73. The summed E-state index contributed by atoms with van der Waals surface area (Å²) < 4.78 is 4.99. The van der Waals surface area contributed by atoms with E-state index in [1.54, 1.807) is 26.0 Å². The summed E-state index contributed by atoms with van der Waals surface area (Å²) in [4.78, 5) is 23.2. The number of anilines is 1. The molecular weight excluding hydrogens is 289 g/mol. The van der Waals surface area contributed by atoms with Gasteiger partial charge in [-0.15, -0.1) is 0 Å². The van der Waals surface area contributed by atoms with Crippen LogP contribution in [-0.2, 0) is 14.3 Å². The first kappa shape index (κ1) is 15.8. The zero-order valence-corrected chi connectivity index (χ0v) is 12.4. The number of ether oxygens (including phenoxy) is 1. The van der Waals surface area contributed by atoms with E-state index < -0.39 is 18.0 Å². The summed E-state index contributed by atoms with van der Waals surface area (Å²) in [5, 5.41) is 3.37. The summed E-state index contributed by atoms with van der Waals surface area (Å²) in [6.07, 6.45) is -0.898. The van der Waals surface area contributed by atoms with Crippen LogP contribution in [0, 0.1) is 5.92 Å². The van der Waals surface area contributed by atoms with Crippen molar-refractivity contribution in [2.24, 2.45) is 5.92 Å².